The third-order valence-electron chi connectivity index (χ3n) is 1.06. The molecule has 0 aliphatic rings. The average molecular weight is 142 g/mol. The van der Waals surface area contributed by atoms with Gasteiger partial charge in [0.05, 0.1) is 0 Å². The van der Waals surface area contributed by atoms with Gasteiger partial charge in [0.1, 0.15) is 5.40 Å². The van der Waals surface area contributed by atoms with Crippen molar-refractivity contribution in [2.45, 2.75) is 25.7 Å². The van der Waals surface area contributed by atoms with Gasteiger partial charge in [-0.1, -0.05) is 26.2 Å². The fraction of sp³-hybridized carbons (Fsp3) is 0.714. The molecule has 0 saturated carbocycles. The molecule has 0 bridgehead atoms. The normalized spacial score (nSPS) is 8.89. The molecule has 0 aromatic heterocycles. The highest BCUT2D eigenvalue weighted by atomic mass is 32.2. The molecule has 0 atom stereocenters. The van der Waals surface area contributed by atoms with Crippen molar-refractivity contribution in [2.24, 2.45) is 0 Å². The summed E-state index contributed by atoms with van der Waals surface area (Å²) in [5, 5.41) is 10.2. The number of nitrogens with zero attached hydrogens (tertiary/aromatic N) is 1. The van der Waals surface area contributed by atoms with Crippen LogP contribution in [0.1, 0.15) is 25.7 Å². The number of thioether (sulfide) groups is 1. The van der Waals surface area contributed by atoms with Gasteiger partial charge >= 0.3 is 0 Å². The van der Waals surface area contributed by atoms with Crippen LogP contribution >= 0.6 is 11.8 Å². The van der Waals surface area contributed by atoms with Crippen molar-refractivity contribution < 1.29 is 0 Å². The molecule has 0 aliphatic heterocycles. The summed E-state index contributed by atoms with van der Waals surface area (Å²) in [6.07, 6.45) is 4.61. The van der Waals surface area contributed by atoms with Crippen LogP contribution in [0.15, 0.2) is 0 Å². The van der Waals surface area contributed by atoms with E-state index in [2.05, 4.69) is 6.92 Å². The van der Waals surface area contributed by atoms with E-state index in [4.69, 9.17) is 5.26 Å². The van der Waals surface area contributed by atoms with Crippen molar-refractivity contribution in [1.29, 1.82) is 5.26 Å². The maximum absolute atomic E-state index is 8.12. The largest absolute Gasteiger partial charge is 0.185 e. The van der Waals surface area contributed by atoms with Gasteiger partial charge in [-0.3, -0.25) is 0 Å². The van der Waals surface area contributed by atoms with E-state index in [1.165, 1.54) is 24.6 Å². The van der Waals surface area contributed by atoms with Gasteiger partial charge in [0.15, 0.2) is 0 Å². The lowest BCUT2D eigenvalue weighted by molar-refractivity contribution is 0.734. The second-order valence-electron chi connectivity index (χ2n) is 1.85. The number of hydrogen-bond donors (Lipinski definition) is 0. The van der Waals surface area contributed by atoms with E-state index in [0.717, 1.165) is 18.6 Å². The Morgan fingerprint density at radius 3 is 2.67 bits per heavy atom. The standard InChI is InChI=1S/C7H12NS/c1-2-3-4-5-6-9-7-8/h1-6H2. The lowest BCUT2D eigenvalue weighted by Crippen LogP contribution is -1.77. The summed E-state index contributed by atoms with van der Waals surface area (Å²) >= 11 is 1.34. The topological polar surface area (TPSA) is 23.8 Å². The number of rotatable bonds is 5. The van der Waals surface area contributed by atoms with Crippen LogP contribution in [0.5, 0.6) is 0 Å². The SMILES string of the molecule is [CH2]CCCCCSC#N. The maximum atomic E-state index is 8.12. The van der Waals surface area contributed by atoms with Crippen molar-refractivity contribution in [3.05, 3.63) is 6.92 Å². The van der Waals surface area contributed by atoms with E-state index in [-0.39, 0.29) is 0 Å². The van der Waals surface area contributed by atoms with E-state index >= 15 is 0 Å². The zero-order chi connectivity index (χ0) is 6.95. The Balaban J connectivity index is 2.69. The molecular formula is C7H12NS. The Morgan fingerprint density at radius 2 is 2.11 bits per heavy atom. The second kappa shape index (κ2) is 7.84. The summed E-state index contributed by atoms with van der Waals surface area (Å²) in [6.45, 7) is 3.73. The minimum Gasteiger partial charge on any atom is -0.185 e. The smallest absolute Gasteiger partial charge is 0.133 e. The van der Waals surface area contributed by atoms with E-state index in [1.807, 2.05) is 5.40 Å². The van der Waals surface area contributed by atoms with Gasteiger partial charge in [0.2, 0.25) is 0 Å². The third-order valence-corrected chi connectivity index (χ3v) is 1.68. The molecule has 0 N–H and O–H groups in total. The molecule has 2 heteroatoms. The molecule has 0 amide bonds. The zero-order valence-electron chi connectivity index (χ0n) is 5.60. The first-order chi connectivity index (χ1) is 4.41. The van der Waals surface area contributed by atoms with Gasteiger partial charge < -0.3 is 0 Å². The predicted octanol–water partition coefficient (Wildman–Crippen LogP) is 2.60. The van der Waals surface area contributed by atoms with Crippen LogP contribution in [-0.4, -0.2) is 5.75 Å². The number of nitriles is 1. The lowest BCUT2D eigenvalue weighted by Gasteiger charge is -1.92. The molecule has 0 fully saturated rings. The third kappa shape index (κ3) is 7.84. The Kier molecular flexibility index (Phi) is 7.70. The molecule has 0 unspecified atom stereocenters. The highest BCUT2D eigenvalue weighted by Gasteiger charge is 1.86. The van der Waals surface area contributed by atoms with Crippen LogP contribution in [0.25, 0.3) is 0 Å². The second-order valence-corrected chi connectivity index (χ2v) is 2.73. The van der Waals surface area contributed by atoms with Crippen LogP contribution in [0.2, 0.25) is 0 Å². The number of thiocyanates is 1. The quantitative estimate of drug-likeness (QED) is 0.435. The lowest BCUT2D eigenvalue weighted by atomic mass is 10.2. The zero-order valence-corrected chi connectivity index (χ0v) is 6.41. The van der Waals surface area contributed by atoms with Gasteiger partial charge in [-0.2, -0.15) is 5.26 Å². The molecule has 0 aromatic rings. The molecule has 9 heavy (non-hydrogen) atoms. The number of hydrogen-bond acceptors (Lipinski definition) is 2. The first kappa shape index (κ1) is 8.84. The summed E-state index contributed by atoms with van der Waals surface area (Å²) in [5.41, 5.74) is 0. The Bertz CT molecular complexity index is 85.4. The van der Waals surface area contributed by atoms with E-state index in [1.54, 1.807) is 0 Å². The molecule has 1 nitrogen and oxygen atoms in total. The van der Waals surface area contributed by atoms with E-state index in [9.17, 15) is 0 Å². The molecule has 0 rings (SSSR count). The minimum atomic E-state index is 0.983. The van der Waals surface area contributed by atoms with Crippen molar-refractivity contribution in [2.75, 3.05) is 5.75 Å². The van der Waals surface area contributed by atoms with E-state index < -0.39 is 0 Å². The summed E-state index contributed by atoms with van der Waals surface area (Å²) in [6, 6.07) is 0. The highest BCUT2D eigenvalue weighted by Crippen LogP contribution is 2.04. The summed E-state index contributed by atoms with van der Waals surface area (Å²) < 4.78 is 0. The molecule has 51 valence electrons. The van der Waals surface area contributed by atoms with Crippen LogP contribution in [-0.2, 0) is 0 Å². The van der Waals surface area contributed by atoms with Crippen LogP contribution in [0, 0.1) is 17.6 Å². The number of unbranched alkanes of at least 4 members (excludes halogenated alkanes) is 3. The van der Waals surface area contributed by atoms with Gasteiger partial charge in [-0.25, -0.2) is 0 Å². The molecule has 0 saturated heterocycles. The highest BCUT2D eigenvalue weighted by molar-refractivity contribution is 8.03. The summed E-state index contributed by atoms with van der Waals surface area (Å²) in [4.78, 5) is 0. The van der Waals surface area contributed by atoms with Gasteiger partial charge in [0, 0.05) is 5.75 Å². The fourth-order valence-corrected chi connectivity index (χ4v) is 1.01. The van der Waals surface area contributed by atoms with Crippen molar-refractivity contribution >= 4 is 11.8 Å². The molecular weight excluding hydrogens is 130 g/mol. The van der Waals surface area contributed by atoms with Crippen LogP contribution in [0.4, 0.5) is 0 Å². The van der Waals surface area contributed by atoms with Crippen molar-refractivity contribution in [1.82, 2.24) is 0 Å². The fourth-order valence-electron chi connectivity index (χ4n) is 0.573. The van der Waals surface area contributed by atoms with Gasteiger partial charge in [-0.05, 0) is 18.2 Å². The maximum Gasteiger partial charge on any atom is 0.133 e. The first-order valence-corrected chi connectivity index (χ1v) is 4.20. The van der Waals surface area contributed by atoms with Crippen molar-refractivity contribution in [3.8, 4) is 5.40 Å². The Morgan fingerprint density at radius 1 is 1.33 bits per heavy atom. The molecule has 0 heterocycles. The van der Waals surface area contributed by atoms with E-state index in [0.29, 0.717) is 0 Å². The molecule has 0 aliphatic carbocycles. The monoisotopic (exact) mass is 142 g/mol. The summed E-state index contributed by atoms with van der Waals surface area (Å²) in [7, 11) is 0. The van der Waals surface area contributed by atoms with Gasteiger partial charge in [-0.15, -0.1) is 0 Å². The van der Waals surface area contributed by atoms with Crippen molar-refractivity contribution in [3.63, 3.8) is 0 Å². The van der Waals surface area contributed by atoms with Crippen LogP contribution < -0.4 is 0 Å². The Hall–Kier alpha value is -0.160. The van der Waals surface area contributed by atoms with Crippen LogP contribution in [0.3, 0.4) is 0 Å². The predicted molar refractivity (Wildman–Crippen MR) is 41.9 cm³/mol. The first-order valence-electron chi connectivity index (χ1n) is 3.22. The Labute approximate surface area is 61.4 Å². The molecule has 1 radical (unpaired) electrons. The molecule has 0 aromatic carbocycles. The van der Waals surface area contributed by atoms with Gasteiger partial charge in [0.25, 0.3) is 0 Å². The average Bonchev–Trinajstić information content (AvgIpc) is 1.89. The molecule has 0 spiro atoms. The summed E-state index contributed by atoms with van der Waals surface area (Å²) in [5.74, 6) is 0.983. The minimum absolute atomic E-state index is 0.983.